The quantitative estimate of drug-likeness (QED) is 0.754. The first kappa shape index (κ1) is 20.4. The molecule has 2 heterocycles. The molecule has 0 saturated carbocycles. The third kappa shape index (κ3) is 4.03. The standard InChI is InChI=1S/C21H23N3O5S/c1-14-4-6-15(7-5-14)12-22-21(26)18-3-2-10-24(18)30(27,28)16-8-9-19-17(11-16)23-20(25)13-29-19/h4-9,11,18H,2-3,10,12-13H2,1H3,(H,22,26)(H,23,25)/t18-/m0/s1. The largest absolute Gasteiger partial charge is 0.482 e. The Morgan fingerprint density at radius 2 is 2.00 bits per heavy atom. The lowest BCUT2D eigenvalue weighted by Gasteiger charge is -2.24. The highest BCUT2D eigenvalue weighted by Gasteiger charge is 2.39. The summed E-state index contributed by atoms with van der Waals surface area (Å²) in [6, 6.07) is 11.4. The number of carbonyl (C=O) groups excluding carboxylic acids is 2. The Morgan fingerprint density at radius 1 is 1.23 bits per heavy atom. The Hall–Kier alpha value is -2.91. The first-order valence-electron chi connectivity index (χ1n) is 9.76. The zero-order valence-electron chi connectivity index (χ0n) is 16.6. The van der Waals surface area contributed by atoms with Gasteiger partial charge in [0.2, 0.25) is 15.9 Å². The molecule has 0 aromatic heterocycles. The Balaban J connectivity index is 1.50. The van der Waals surface area contributed by atoms with Crippen molar-refractivity contribution in [2.75, 3.05) is 18.5 Å². The summed E-state index contributed by atoms with van der Waals surface area (Å²) in [5.74, 6) is -0.236. The Bertz CT molecular complexity index is 1080. The molecule has 1 fully saturated rings. The molecule has 158 valence electrons. The zero-order chi connectivity index (χ0) is 21.3. The first-order chi connectivity index (χ1) is 14.3. The fourth-order valence-corrected chi connectivity index (χ4v) is 5.34. The number of nitrogens with zero attached hydrogens (tertiary/aromatic N) is 1. The van der Waals surface area contributed by atoms with Gasteiger partial charge in [0.25, 0.3) is 5.91 Å². The van der Waals surface area contributed by atoms with Crippen molar-refractivity contribution in [3.05, 3.63) is 53.6 Å². The number of aryl methyl sites for hydroxylation is 1. The molecule has 2 aromatic rings. The van der Waals surface area contributed by atoms with Crippen molar-refractivity contribution in [1.82, 2.24) is 9.62 Å². The SMILES string of the molecule is Cc1ccc(CNC(=O)[C@@H]2CCCN2S(=O)(=O)c2ccc3c(c2)NC(=O)CO3)cc1. The van der Waals surface area contributed by atoms with E-state index in [1.54, 1.807) is 0 Å². The van der Waals surface area contributed by atoms with Gasteiger partial charge in [-0.1, -0.05) is 29.8 Å². The van der Waals surface area contributed by atoms with Crippen LogP contribution in [0.1, 0.15) is 24.0 Å². The molecule has 2 N–H and O–H groups in total. The van der Waals surface area contributed by atoms with Gasteiger partial charge in [0.15, 0.2) is 6.61 Å². The summed E-state index contributed by atoms with van der Waals surface area (Å²) in [6.45, 7) is 2.49. The molecule has 4 rings (SSSR count). The predicted molar refractivity (Wildman–Crippen MR) is 111 cm³/mol. The molecule has 0 aliphatic carbocycles. The van der Waals surface area contributed by atoms with Gasteiger partial charge >= 0.3 is 0 Å². The number of fused-ring (bicyclic) bond motifs is 1. The van der Waals surface area contributed by atoms with E-state index in [-0.39, 0.29) is 29.9 Å². The third-order valence-corrected chi connectivity index (χ3v) is 7.19. The van der Waals surface area contributed by atoms with Gasteiger partial charge < -0.3 is 15.4 Å². The van der Waals surface area contributed by atoms with E-state index in [1.807, 2.05) is 31.2 Å². The summed E-state index contributed by atoms with van der Waals surface area (Å²) in [6.07, 6.45) is 1.07. The number of carbonyl (C=O) groups is 2. The van der Waals surface area contributed by atoms with Crippen molar-refractivity contribution in [2.45, 2.75) is 37.2 Å². The molecule has 30 heavy (non-hydrogen) atoms. The van der Waals surface area contributed by atoms with Gasteiger partial charge in [0, 0.05) is 13.1 Å². The second-order valence-electron chi connectivity index (χ2n) is 7.47. The highest BCUT2D eigenvalue weighted by atomic mass is 32.2. The monoisotopic (exact) mass is 429 g/mol. The van der Waals surface area contributed by atoms with Crippen LogP contribution in [0.2, 0.25) is 0 Å². The number of hydrogen-bond acceptors (Lipinski definition) is 5. The highest BCUT2D eigenvalue weighted by Crippen LogP contribution is 2.33. The van der Waals surface area contributed by atoms with Gasteiger partial charge in [-0.25, -0.2) is 8.42 Å². The molecular weight excluding hydrogens is 406 g/mol. The predicted octanol–water partition coefficient (Wildman–Crippen LogP) is 1.80. The zero-order valence-corrected chi connectivity index (χ0v) is 17.4. The second kappa shape index (κ2) is 8.08. The summed E-state index contributed by atoms with van der Waals surface area (Å²) in [7, 11) is -3.91. The van der Waals surface area contributed by atoms with E-state index in [2.05, 4.69) is 10.6 Å². The van der Waals surface area contributed by atoms with Crippen molar-refractivity contribution in [3.63, 3.8) is 0 Å². The van der Waals surface area contributed by atoms with E-state index >= 15 is 0 Å². The average Bonchev–Trinajstić information content (AvgIpc) is 3.23. The number of benzene rings is 2. The topological polar surface area (TPSA) is 105 Å². The van der Waals surface area contributed by atoms with E-state index in [9.17, 15) is 18.0 Å². The van der Waals surface area contributed by atoms with Crippen LogP contribution in [0.25, 0.3) is 0 Å². The van der Waals surface area contributed by atoms with E-state index in [0.29, 0.717) is 30.8 Å². The summed E-state index contributed by atoms with van der Waals surface area (Å²) in [5.41, 5.74) is 2.39. The minimum atomic E-state index is -3.91. The number of amides is 2. The van der Waals surface area contributed by atoms with Gasteiger partial charge in [0.1, 0.15) is 11.8 Å². The molecule has 9 heteroatoms. The van der Waals surface area contributed by atoms with Crippen molar-refractivity contribution in [2.24, 2.45) is 0 Å². The van der Waals surface area contributed by atoms with Crippen LogP contribution in [0.5, 0.6) is 5.75 Å². The van der Waals surface area contributed by atoms with Crippen molar-refractivity contribution >= 4 is 27.5 Å². The molecule has 2 amide bonds. The van der Waals surface area contributed by atoms with Gasteiger partial charge in [-0.3, -0.25) is 9.59 Å². The molecule has 0 radical (unpaired) electrons. The molecule has 1 saturated heterocycles. The summed E-state index contributed by atoms with van der Waals surface area (Å²) in [5, 5.41) is 5.46. The number of ether oxygens (including phenoxy) is 1. The number of sulfonamides is 1. The maximum absolute atomic E-state index is 13.2. The molecular formula is C21H23N3O5S. The molecule has 0 spiro atoms. The molecule has 2 aliphatic rings. The lowest BCUT2D eigenvalue weighted by atomic mass is 10.1. The van der Waals surface area contributed by atoms with Gasteiger partial charge in [-0.15, -0.1) is 0 Å². The average molecular weight is 429 g/mol. The van der Waals surface area contributed by atoms with E-state index in [4.69, 9.17) is 4.74 Å². The minimum Gasteiger partial charge on any atom is -0.482 e. The van der Waals surface area contributed by atoms with Crippen LogP contribution in [-0.2, 0) is 26.2 Å². The van der Waals surface area contributed by atoms with Gasteiger partial charge in [0.05, 0.1) is 10.6 Å². The summed E-state index contributed by atoms with van der Waals surface area (Å²) >= 11 is 0. The van der Waals surface area contributed by atoms with Crippen molar-refractivity contribution in [3.8, 4) is 5.75 Å². The first-order valence-corrected chi connectivity index (χ1v) is 11.2. The van der Waals surface area contributed by atoms with Crippen LogP contribution in [0, 0.1) is 6.92 Å². The van der Waals surface area contributed by atoms with Crippen LogP contribution < -0.4 is 15.4 Å². The normalized spacial score (nSPS) is 19.0. The Kier molecular flexibility index (Phi) is 5.48. The minimum absolute atomic E-state index is 0.0188. The van der Waals surface area contributed by atoms with Crippen LogP contribution in [0.15, 0.2) is 47.4 Å². The summed E-state index contributed by atoms with van der Waals surface area (Å²) in [4.78, 5) is 24.3. The van der Waals surface area contributed by atoms with Crippen LogP contribution in [0.3, 0.4) is 0 Å². The lowest BCUT2D eigenvalue weighted by molar-refractivity contribution is -0.124. The molecule has 1 atom stereocenters. The van der Waals surface area contributed by atoms with E-state index in [1.165, 1.54) is 22.5 Å². The molecule has 2 aromatic carbocycles. The number of anilines is 1. The fourth-order valence-electron chi connectivity index (χ4n) is 3.66. The van der Waals surface area contributed by atoms with Crippen LogP contribution in [-0.4, -0.2) is 43.7 Å². The van der Waals surface area contributed by atoms with Crippen LogP contribution >= 0.6 is 0 Å². The Labute approximate surface area is 175 Å². The molecule has 8 nitrogen and oxygen atoms in total. The highest BCUT2D eigenvalue weighted by molar-refractivity contribution is 7.89. The third-order valence-electron chi connectivity index (χ3n) is 5.28. The van der Waals surface area contributed by atoms with E-state index in [0.717, 1.165) is 11.1 Å². The number of hydrogen-bond donors (Lipinski definition) is 2. The Morgan fingerprint density at radius 3 is 2.77 bits per heavy atom. The van der Waals surface area contributed by atoms with Gasteiger partial charge in [-0.05, 0) is 43.5 Å². The molecule has 2 aliphatic heterocycles. The van der Waals surface area contributed by atoms with Crippen molar-refractivity contribution < 1.29 is 22.7 Å². The fraction of sp³-hybridized carbons (Fsp3) is 0.333. The molecule has 0 bridgehead atoms. The lowest BCUT2D eigenvalue weighted by Crippen LogP contribution is -2.45. The maximum atomic E-state index is 13.2. The van der Waals surface area contributed by atoms with Gasteiger partial charge in [-0.2, -0.15) is 4.31 Å². The van der Waals surface area contributed by atoms with Crippen LogP contribution in [0.4, 0.5) is 5.69 Å². The number of rotatable bonds is 5. The second-order valence-corrected chi connectivity index (χ2v) is 9.36. The smallest absolute Gasteiger partial charge is 0.262 e. The molecule has 0 unspecified atom stereocenters. The number of nitrogens with one attached hydrogen (secondary N) is 2. The maximum Gasteiger partial charge on any atom is 0.262 e. The van der Waals surface area contributed by atoms with E-state index < -0.39 is 16.1 Å². The summed E-state index contributed by atoms with van der Waals surface area (Å²) < 4.78 is 33.0. The van der Waals surface area contributed by atoms with Crippen molar-refractivity contribution in [1.29, 1.82) is 0 Å².